The second-order valence-electron chi connectivity index (χ2n) is 9.86. The molecule has 0 saturated carbocycles. The van der Waals surface area contributed by atoms with Crippen LogP contribution < -0.4 is 10.2 Å². The zero-order valence-corrected chi connectivity index (χ0v) is 21.4. The fourth-order valence-corrected chi connectivity index (χ4v) is 4.01. The predicted octanol–water partition coefficient (Wildman–Crippen LogP) is 3.87. The van der Waals surface area contributed by atoms with E-state index in [1.165, 1.54) is 11.0 Å². The molecule has 2 amide bonds. The lowest BCUT2D eigenvalue weighted by molar-refractivity contribution is -0.154. The normalized spacial score (nSPS) is 16.7. The van der Waals surface area contributed by atoms with Gasteiger partial charge in [-0.25, -0.2) is 0 Å². The number of carbonyl (C=O) groups excluding carboxylic acids is 3. The highest BCUT2D eigenvalue weighted by atomic mass is 19.4. The second-order valence-corrected chi connectivity index (χ2v) is 9.86. The molecule has 0 saturated heterocycles. The number of nitrogens with zero attached hydrogens (tertiary/aromatic N) is 2. The molecule has 1 aliphatic rings. The molecule has 1 heterocycles. The van der Waals surface area contributed by atoms with Crippen molar-refractivity contribution in [2.75, 3.05) is 25.0 Å². The van der Waals surface area contributed by atoms with Gasteiger partial charge in [0.1, 0.15) is 18.2 Å². The second kappa shape index (κ2) is 11.3. The topological polar surface area (TPSA) is 79.0 Å². The molecule has 10 heteroatoms. The number of alkyl halides is 3. The Morgan fingerprint density at radius 3 is 2.44 bits per heavy atom. The van der Waals surface area contributed by atoms with Crippen LogP contribution in [0.1, 0.15) is 45.2 Å². The number of likely N-dealkylation sites (N-methyl/N-ethyl adjacent to an activating group) is 1. The Morgan fingerprint density at radius 1 is 1.31 bits per heavy atom. The van der Waals surface area contributed by atoms with E-state index in [0.29, 0.717) is 17.6 Å². The van der Waals surface area contributed by atoms with E-state index in [0.717, 1.165) is 17.0 Å². The van der Waals surface area contributed by atoms with Crippen LogP contribution in [0.15, 0.2) is 43.0 Å². The van der Waals surface area contributed by atoms with Crippen molar-refractivity contribution in [3.63, 3.8) is 0 Å². The molecule has 0 aromatic heterocycles. The van der Waals surface area contributed by atoms with Gasteiger partial charge in [0.25, 0.3) is 5.91 Å². The third-order valence-corrected chi connectivity index (χ3v) is 5.52. The summed E-state index contributed by atoms with van der Waals surface area (Å²) in [7, 11) is 1.61. The average Bonchev–Trinajstić information content (AvgIpc) is 2.75. The summed E-state index contributed by atoms with van der Waals surface area (Å²) in [6.45, 7) is 13.6. The highest BCUT2D eigenvalue weighted by Crippen LogP contribution is 2.37. The highest BCUT2D eigenvalue weighted by Gasteiger charge is 2.42. The van der Waals surface area contributed by atoms with Gasteiger partial charge in [-0.2, -0.15) is 13.2 Å². The molecule has 36 heavy (non-hydrogen) atoms. The fraction of sp³-hybridized carbons (Fsp3) is 0.500. The van der Waals surface area contributed by atoms with Gasteiger partial charge in [0.15, 0.2) is 0 Å². The molecule has 0 spiro atoms. The maximum Gasteiger partial charge on any atom is 0.416 e. The minimum absolute atomic E-state index is 0.0132. The van der Waals surface area contributed by atoms with Crippen LogP contribution in [0.2, 0.25) is 0 Å². The molecular formula is C26H34F3N3O4. The third-order valence-electron chi connectivity index (χ3n) is 5.52. The van der Waals surface area contributed by atoms with Gasteiger partial charge in [-0.05, 0) is 58.9 Å². The Kier molecular flexibility index (Phi) is 9.12. The van der Waals surface area contributed by atoms with Gasteiger partial charge in [-0.1, -0.05) is 24.3 Å². The van der Waals surface area contributed by atoms with Crippen LogP contribution in [0.4, 0.5) is 18.9 Å². The summed E-state index contributed by atoms with van der Waals surface area (Å²) in [6.07, 6.45) is -2.78. The minimum Gasteiger partial charge on any atom is -0.459 e. The quantitative estimate of drug-likeness (QED) is 0.404. The number of amides is 2. The SMILES string of the molecule is C=CC[C@H](NC)C(=O)N(CC(=C)C)[C@H]1Cc2ccc(C(F)(F)F)cc2N(CC(=O)OC(C)(C)C)C1=O. The summed E-state index contributed by atoms with van der Waals surface area (Å²) >= 11 is 0. The maximum absolute atomic E-state index is 13.7. The fourth-order valence-electron chi connectivity index (χ4n) is 4.01. The van der Waals surface area contributed by atoms with E-state index in [2.05, 4.69) is 18.5 Å². The van der Waals surface area contributed by atoms with Gasteiger partial charge in [0.2, 0.25) is 5.91 Å². The molecule has 1 aliphatic heterocycles. The summed E-state index contributed by atoms with van der Waals surface area (Å²) in [5.41, 5.74) is -0.825. The number of carbonyl (C=O) groups is 3. The molecule has 198 valence electrons. The summed E-state index contributed by atoms with van der Waals surface area (Å²) in [5.74, 6) is -1.83. The molecule has 1 aromatic rings. The lowest BCUT2D eigenvalue weighted by Gasteiger charge is -2.40. The third kappa shape index (κ3) is 7.19. The molecule has 2 atom stereocenters. The predicted molar refractivity (Wildman–Crippen MR) is 131 cm³/mol. The van der Waals surface area contributed by atoms with Crippen LogP contribution in [0.25, 0.3) is 0 Å². The molecule has 0 radical (unpaired) electrons. The van der Waals surface area contributed by atoms with Crippen LogP contribution >= 0.6 is 0 Å². The Hall–Kier alpha value is -3.14. The van der Waals surface area contributed by atoms with Crippen molar-refractivity contribution in [3.8, 4) is 0 Å². The zero-order valence-electron chi connectivity index (χ0n) is 21.4. The van der Waals surface area contributed by atoms with E-state index in [-0.39, 0.29) is 24.6 Å². The number of halogens is 3. The van der Waals surface area contributed by atoms with Crippen molar-refractivity contribution in [2.24, 2.45) is 0 Å². The number of hydrogen-bond acceptors (Lipinski definition) is 5. The molecule has 1 aromatic carbocycles. The number of benzene rings is 1. The molecule has 0 unspecified atom stereocenters. The number of nitrogens with one attached hydrogen (secondary N) is 1. The largest absolute Gasteiger partial charge is 0.459 e. The van der Waals surface area contributed by atoms with Crippen molar-refractivity contribution in [2.45, 2.75) is 64.4 Å². The van der Waals surface area contributed by atoms with Crippen LogP contribution in [0.3, 0.4) is 0 Å². The lowest BCUT2D eigenvalue weighted by atomic mass is 9.93. The molecule has 0 aliphatic carbocycles. The monoisotopic (exact) mass is 509 g/mol. The van der Waals surface area contributed by atoms with Crippen LogP contribution in [0.5, 0.6) is 0 Å². The van der Waals surface area contributed by atoms with Crippen molar-refractivity contribution < 1.29 is 32.3 Å². The number of fused-ring (bicyclic) bond motifs is 1. The van der Waals surface area contributed by atoms with E-state index in [1.54, 1.807) is 40.8 Å². The van der Waals surface area contributed by atoms with Crippen LogP contribution in [0, 0.1) is 0 Å². The van der Waals surface area contributed by atoms with Crippen molar-refractivity contribution in [3.05, 3.63) is 54.1 Å². The Balaban J connectivity index is 2.59. The first-order valence-electron chi connectivity index (χ1n) is 11.6. The molecular weight excluding hydrogens is 475 g/mol. The lowest BCUT2D eigenvalue weighted by Crippen LogP contribution is -2.59. The summed E-state index contributed by atoms with van der Waals surface area (Å²) in [5, 5.41) is 2.91. The zero-order chi connectivity index (χ0) is 27.4. The number of esters is 1. The van der Waals surface area contributed by atoms with Crippen LogP contribution in [-0.2, 0) is 31.7 Å². The standard InChI is InChI=1S/C26H34F3N3O4/c1-8-9-19(30-7)23(34)31(14-16(2)3)21-12-17-10-11-18(26(27,28)29)13-20(17)32(24(21)35)15-22(33)36-25(4,5)6/h8,10-11,13,19,21,30H,1-2,9,12,14-15H2,3-7H3/t19-,21-/m0/s1. The van der Waals surface area contributed by atoms with Gasteiger partial charge in [0, 0.05) is 18.7 Å². The van der Waals surface area contributed by atoms with Crippen LogP contribution in [-0.4, -0.2) is 60.5 Å². The smallest absolute Gasteiger partial charge is 0.416 e. The van der Waals surface area contributed by atoms with Gasteiger partial charge in [-0.3, -0.25) is 19.3 Å². The summed E-state index contributed by atoms with van der Waals surface area (Å²) in [4.78, 5) is 42.1. The average molecular weight is 510 g/mol. The first-order valence-corrected chi connectivity index (χ1v) is 11.6. The number of rotatable bonds is 9. The molecule has 1 N–H and O–H groups in total. The summed E-state index contributed by atoms with van der Waals surface area (Å²) in [6, 6.07) is 1.34. The Labute approximate surface area is 210 Å². The van der Waals surface area contributed by atoms with E-state index in [9.17, 15) is 27.6 Å². The van der Waals surface area contributed by atoms with Gasteiger partial charge in [0.05, 0.1) is 11.6 Å². The maximum atomic E-state index is 13.7. The van der Waals surface area contributed by atoms with Gasteiger partial charge in [-0.15, -0.1) is 6.58 Å². The molecule has 0 fully saturated rings. The molecule has 2 rings (SSSR count). The first kappa shape index (κ1) is 29.1. The summed E-state index contributed by atoms with van der Waals surface area (Å²) < 4.78 is 45.7. The van der Waals surface area contributed by atoms with Crippen molar-refractivity contribution in [1.29, 1.82) is 0 Å². The van der Waals surface area contributed by atoms with E-state index < -0.39 is 47.8 Å². The van der Waals surface area contributed by atoms with Gasteiger partial charge >= 0.3 is 12.1 Å². The van der Waals surface area contributed by atoms with Crippen molar-refractivity contribution in [1.82, 2.24) is 10.2 Å². The number of anilines is 1. The number of hydrogen-bond donors (Lipinski definition) is 1. The Morgan fingerprint density at radius 2 is 1.94 bits per heavy atom. The van der Waals surface area contributed by atoms with E-state index in [4.69, 9.17) is 4.74 Å². The van der Waals surface area contributed by atoms with Crippen molar-refractivity contribution >= 4 is 23.5 Å². The van der Waals surface area contributed by atoms with Gasteiger partial charge < -0.3 is 15.0 Å². The Bertz CT molecular complexity index is 1030. The number of ether oxygens (including phenoxy) is 1. The first-order chi connectivity index (χ1) is 16.6. The molecule has 7 nitrogen and oxygen atoms in total. The van der Waals surface area contributed by atoms with E-state index in [1.807, 2.05) is 0 Å². The van der Waals surface area contributed by atoms with E-state index >= 15 is 0 Å². The minimum atomic E-state index is -4.64. The molecule has 0 bridgehead atoms. The highest BCUT2D eigenvalue weighted by molar-refractivity contribution is 6.05.